The normalized spacial score (nSPS) is 11.1. The lowest BCUT2D eigenvalue weighted by molar-refractivity contribution is -0.384. The summed E-state index contributed by atoms with van der Waals surface area (Å²) < 4.78 is 5.15. The van der Waals surface area contributed by atoms with Gasteiger partial charge in [-0.25, -0.2) is 9.98 Å². The average Bonchev–Trinajstić information content (AvgIpc) is 3.28. The van der Waals surface area contributed by atoms with Gasteiger partial charge in [-0.1, -0.05) is 42.5 Å². The summed E-state index contributed by atoms with van der Waals surface area (Å²) in [4.78, 5) is 20.8. The van der Waals surface area contributed by atoms with Crippen LogP contribution in [0.15, 0.2) is 71.7 Å². The van der Waals surface area contributed by atoms with Crippen LogP contribution in [0.4, 0.5) is 10.8 Å². The van der Waals surface area contributed by atoms with Gasteiger partial charge in [-0.15, -0.1) is 0 Å². The summed E-state index contributed by atoms with van der Waals surface area (Å²) in [5.74, 6) is 0.420. The highest BCUT2D eigenvalue weighted by Gasteiger charge is 2.16. The van der Waals surface area contributed by atoms with E-state index in [4.69, 9.17) is 9.72 Å². The first-order chi connectivity index (χ1) is 16.0. The van der Waals surface area contributed by atoms with E-state index in [9.17, 15) is 15.2 Å². The predicted octanol–water partition coefficient (Wildman–Crippen LogP) is 6.41. The number of methoxy groups -OCH3 is 1. The number of phenolic OH excluding ortho intramolecular Hbond substituents is 1. The Morgan fingerprint density at radius 2 is 1.79 bits per heavy atom. The molecular weight excluding hydrogens is 438 g/mol. The average molecular weight is 460 g/mol. The second-order valence-corrected chi connectivity index (χ2v) is 8.20. The number of aromatic nitrogens is 1. The Kier molecular flexibility index (Phi) is 6.46. The van der Waals surface area contributed by atoms with E-state index in [1.54, 1.807) is 36.5 Å². The van der Waals surface area contributed by atoms with Gasteiger partial charge < -0.3 is 9.84 Å². The molecule has 0 atom stereocenters. The predicted molar refractivity (Wildman–Crippen MR) is 131 cm³/mol. The fourth-order valence-corrected chi connectivity index (χ4v) is 4.23. The fraction of sp³-hybridized carbons (Fsp3) is 0.120. The standard InChI is InChI=1S/C25H21N3O4S/c1-3-16-4-7-18(8-5-16)23-24(19-9-11-20(12-10-19)28(30)31)33-25(27-23)26-15-17-6-13-21(29)22(14-17)32-2/h4-15,29H,3H2,1-2H3. The molecule has 0 aliphatic rings. The number of non-ortho nitro benzene ring substituents is 1. The highest BCUT2D eigenvalue weighted by Crippen LogP contribution is 2.40. The number of rotatable bonds is 7. The Morgan fingerprint density at radius 1 is 1.09 bits per heavy atom. The molecular formula is C25H21N3O4S. The number of nitro groups is 1. The van der Waals surface area contributed by atoms with Crippen molar-refractivity contribution in [2.24, 2.45) is 4.99 Å². The van der Waals surface area contributed by atoms with E-state index in [1.165, 1.54) is 36.1 Å². The third-order valence-corrected chi connectivity index (χ3v) is 6.13. The number of nitro benzene ring substituents is 1. The smallest absolute Gasteiger partial charge is 0.269 e. The maximum Gasteiger partial charge on any atom is 0.269 e. The number of hydrogen-bond donors (Lipinski definition) is 1. The second-order valence-electron chi connectivity index (χ2n) is 7.22. The SMILES string of the molecule is CCc1ccc(-c2nc(N=Cc3ccc(O)c(OC)c3)sc2-c2ccc([N+](=O)[O-])cc2)cc1. The van der Waals surface area contributed by atoms with Crippen LogP contribution >= 0.6 is 11.3 Å². The highest BCUT2D eigenvalue weighted by molar-refractivity contribution is 7.19. The maximum absolute atomic E-state index is 11.0. The molecule has 0 aliphatic carbocycles. The van der Waals surface area contributed by atoms with Gasteiger partial charge in [0.15, 0.2) is 11.5 Å². The molecule has 0 bridgehead atoms. The van der Waals surface area contributed by atoms with Crippen LogP contribution in [0.1, 0.15) is 18.1 Å². The molecule has 7 nitrogen and oxygen atoms in total. The minimum Gasteiger partial charge on any atom is -0.504 e. The maximum atomic E-state index is 11.0. The highest BCUT2D eigenvalue weighted by atomic mass is 32.1. The largest absolute Gasteiger partial charge is 0.504 e. The number of thiazole rings is 1. The van der Waals surface area contributed by atoms with Gasteiger partial charge >= 0.3 is 0 Å². The molecule has 8 heteroatoms. The molecule has 4 rings (SSSR count). The molecule has 0 radical (unpaired) electrons. The zero-order valence-electron chi connectivity index (χ0n) is 18.1. The monoisotopic (exact) mass is 459 g/mol. The number of aryl methyl sites for hydroxylation is 1. The number of nitrogens with zero attached hydrogens (tertiary/aromatic N) is 3. The number of aromatic hydroxyl groups is 1. The van der Waals surface area contributed by atoms with Crippen LogP contribution in [0, 0.1) is 10.1 Å². The van der Waals surface area contributed by atoms with Crippen LogP contribution in [0.5, 0.6) is 11.5 Å². The summed E-state index contributed by atoms with van der Waals surface area (Å²) in [6, 6.07) is 19.6. The van der Waals surface area contributed by atoms with Crippen LogP contribution in [-0.4, -0.2) is 28.3 Å². The number of aliphatic imine (C=N–C) groups is 1. The van der Waals surface area contributed by atoms with Gasteiger partial charge in [-0.3, -0.25) is 10.1 Å². The van der Waals surface area contributed by atoms with Crippen molar-refractivity contribution in [2.45, 2.75) is 13.3 Å². The molecule has 0 aliphatic heterocycles. The minimum atomic E-state index is -0.414. The Morgan fingerprint density at radius 3 is 2.42 bits per heavy atom. The van der Waals surface area contributed by atoms with Crippen molar-refractivity contribution < 1.29 is 14.8 Å². The van der Waals surface area contributed by atoms with Crippen LogP contribution in [-0.2, 0) is 6.42 Å². The Balaban J connectivity index is 1.75. The van der Waals surface area contributed by atoms with E-state index < -0.39 is 4.92 Å². The van der Waals surface area contributed by atoms with Crippen molar-refractivity contribution in [3.8, 4) is 33.2 Å². The number of phenols is 1. The summed E-state index contributed by atoms with van der Waals surface area (Å²) in [5, 5.41) is 21.4. The zero-order chi connectivity index (χ0) is 23.4. The molecule has 0 fully saturated rings. The molecule has 0 spiro atoms. The van der Waals surface area contributed by atoms with E-state index >= 15 is 0 Å². The molecule has 0 amide bonds. The lowest BCUT2D eigenvalue weighted by atomic mass is 10.0. The fourth-order valence-electron chi connectivity index (χ4n) is 3.29. The summed E-state index contributed by atoms with van der Waals surface area (Å²) in [7, 11) is 1.49. The summed E-state index contributed by atoms with van der Waals surface area (Å²) in [5.41, 5.74) is 4.57. The topological polar surface area (TPSA) is 97.9 Å². The van der Waals surface area contributed by atoms with Crippen LogP contribution in [0.2, 0.25) is 0 Å². The molecule has 1 N–H and O–H groups in total. The molecule has 1 heterocycles. The van der Waals surface area contributed by atoms with Crippen molar-refractivity contribution in [3.05, 3.63) is 88.0 Å². The minimum absolute atomic E-state index is 0.0386. The van der Waals surface area contributed by atoms with Gasteiger partial charge in [0.2, 0.25) is 5.13 Å². The zero-order valence-corrected chi connectivity index (χ0v) is 18.9. The number of benzene rings is 3. The van der Waals surface area contributed by atoms with Gasteiger partial charge in [-0.05, 0) is 53.4 Å². The lowest BCUT2D eigenvalue weighted by Crippen LogP contribution is -1.88. The quantitative estimate of drug-likeness (QED) is 0.196. The summed E-state index contributed by atoms with van der Waals surface area (Å²) in [6.07, 6.45) is 2.60. The second kappa shape index (κ2) is 9.62. The van der Waals surface area contributed by atoms with E-state index in [-0.39, 0.29) is 11.4 Å². The van der Waals surface area contributed by atoms with Gasteiger partial charge in [0.05, 0.1) is 22.6 Å². The van der Waals surface area contributed by atoms with Crippen molar-refractivity contribution in [3.63, 3.8) is 0 Å². The molecule has 1 aromatic heterocycles. The van der Waals surface area contributed by atoms with Gasteiger partial charge in [0.1, 0.15) is 0 Å². The summed E-state index contributed by atoms with van der Waals surface area (Å²) in [6.45, 7) is 2.10. The van der Waals surface area contributed by atoms with Gasteiger partial charge in [0.25, 0.3) is 5.69 Å². The first-order valence-electron chi connectivity index (χ1n) is 10.2. The van der Waals surface area contributed by atoms with Gasteiger partial charge in [-0.2, -0.15) is 0 Å². The van der Waals surface area contributed by atoms with Crippen LogP contribution in [0.25, 0.3) is 21.7 Å². The van der Waals surface area contributed by atoms with Crippen molar-refractivity contribution in [1.29, 1.82) is 0 Å². The Labute approximate surface area is 194 Å². The molecule has 0 saturated heterocycles. The first kappa shape index (κ1) is 22.2. The lowest BCUT2D eigenvalue weighted by Gasteiger charge is -2.04. The third-order valence-electron chi connectivity index (χ3n) is 5.12. The molecule has 33 heavy (non-hydrogen) atoms. The molecule has 166 valence electrons. The van der Waals surface area contributed by atoms with Crippen LogP contribution < -0.4 is 4.74 Å². The van der Waals surface area contributed by atoms with Crippen molar-refractivity contribution in [2.75, 3.05) is 7.11 Å². The van der Waals surface area contributed by atoms with Gasteiger partial charge in [0, 0.05) is 23.9 Å². The van der Waals surface area contributed by atoms with E-state index in [0.717, 1.165) is 33.7 Å². The van der Waals surface area contributed by atoms with E-state index in [0.29, 0.717) is 10.9 Å². The van der Waals surface area contributed by atoms with E-state index in [1.807, 2.05) is 12.1 Å². The Bertz CT molecular complexity index is 1310. The molecule has 0 saturated carbocycles. The number of ether oxygens (including phenoxy) is 1. The number of hydrogen-bond acceptors (Lipinski definition) is 7. The molecule has 3 aromatic carbocycles. The Hall–Kier alpha value is -4.04. The summed E-state index contributed by atoms with van der Waals surface area (Å²) >= 11 is 1.40. The van der Waals surface area contributed by atoms with E-state index in [2.05, 4.69) is 24.0 Å². The van der Waals surface area contributed by atoms with Crippen molar-refractivity contribution >= 4 is 28.4 Å². The van der Waals surface area contributed by atoms with Crippen molar-refractivity contribution in [1.82, 2.24) is 4.98 Å². The molecule has 4 aromatic rings. The first-order valence-corrected chi connectivity index (χ1v) is 11.1. The third kappa shape index (κ3) is 4.91. The van der Waals surface area contributed by atoms with Crippen LogP contribution in [0.3, 0.4) is 0 Å². The molecule has 0 unspecified atom stereocenters.